The molecule has 3 heterocycles. The van der Waals surface area contributed by atoms with Crippen LogP contribution in [0.5, 0.6) is 0 Å². The number of anilines is 2. The van der Waals surface area contributed by atoms with Gasteiger partial charge in [0.25, 0.3) is 0 Å². The monoisotopic (exact) mass is 437 g/mol. The van der Waals surface area contributed by atoms with E-state index < -0.39 is 10.0 Å². The third-order valence-electron chi connectivity index (χ3n) is 5.90. The summed E-state index contributed by atoms with van der Waals surface area (Å²) in [7, 11) is -3.48. The summed E-state index contributed by atoms with van der Waals surface area (Å²) in [5.74, 6) is 1.57. The average Bonchev–Trinajstić information content (AvgIpc) is 2.77. The summed E-state index contributed by atoms with van der Waals surface area (Å²) in [6.07, 6.45) is 6.61. The van der Waals surface area contributed by atoms with Gasteiger partial charge in [0.05, 0.1) is 16.8 Å². The lowest BCUT2D eigenvalue weighted by atomic mass is 9.95. The number of hydrogen-bond donors (Lipinski definition) is 1. The molecule has 0 spiro atoms. The van der Waals surface area contributed by atoms with Crippen molar-refractivity contribution in [3.63, 3.8) is 0 Å². The van der Waals surface area contributed by atoms with E-state index in [0.29, 0.717) is 36.6 Å². The predicted octanol–water partition coefficient (Wildman–Crippen LogP) is 4.11. The first-order valence-corrected chi connectivity index (χ1v) is 11.9. The molecule has 2 aromatic heterocycles. The molecule has 1 aliphatic rings. The zero-order valence-electron chi connectivity index (χ0n) is 18.0. The molecule has 1 fully saturated rings. The van der Waals surface area contributed by atoms with Crippen LogP contribution in [0.3, 0.4) is 0 Å². The van der Waals surface area contributed by atoms with Gasteiger partial charge in [0.1, 0.15) is 11.6 Å². The number of rotatable bonds is 5. The van der Waals surface area contributed by atoms with E-state index in [1.54, 1.807) is 35.0 Å². The van der Waals surface area contributed by atoms with Crippen LogP contribution in [0.25, 0.3) is 0 Å². The predicted molar refractivity (Wildman–Crippen MR) is 121 cm³/mol. The Morgan fingerprint density at radius 1 is 1.00 bits per heavy atom. The molecule has 1 saturated heterocycles. The van der Waals surface area contributed by atoms with Gasteiger partial charge in [0, 0.05) is 31.4 Å². The Bertz CT molecular complexity index is 1190. The van der Waals surface area contributed by atoms with E-state index in [0.717, 1.165) is 28.2 Å². The molecular weight excluding hydrogens is 410 g/mol. The van der Waals surface area contributed by atoms with Gasteiger partial charge >= 0.3 is 0 Å². The molecule has 0 atom stereocenters. The Morgan fingerprint density at radius 3 is 2.48 bits per heavy atom. The quantitative estimate of drug-likeness (QED) is 0.646. The number of aromatic nitrogens is 3. The lowest BCUT2D eigenvalue weighted by Gasteiger charge is -2.31. The molecule has 1 aliphatic heterocycles. The first kappa shape index (κ1) is 21.4. The van der Waals surface area contributed by atoms with Gasteiger partial charge in [-0.3, -0.25) is 4.98 Å². The Kier molecular flexibility index (Phi) is 6.02. The van der Waals surface area contributed by atoms with E-state index in [9.17, 15) is 8.42 Å². The van der Waals surface area contributed by atoms with E-state index >= 15 is 0 Å². The largest absolute Gasteiger partial charge is 0.323 e. The third kappa shape index (κ3) is 4.60. The van der Waals surface area contributed by atoms with Gasteiger partial charge in [-0.05, 0) is 68.5 Å². The van der Waals surface area contributed by atoms with Crippen LogP contribution >= 0.6 is 0 Å². The van der Waals surface area contributed by atoms with E-state index in [1.807, 2.05) is 39.0 Å². The Balaban J connectivity index is 1.45. The highest BCUT2D eigenvalue weighted by Gasteiger charge is 2.30. The molecule has 3 aromatic rings. The first-order valence-electron chi connectivity index (χ1n) is 10.4. The van der Waals surface area contributed by atoms with Crippen LogP contribution in [0.2, 0.25) is 0 Å². The lowest BCUT2D eigenvalue weighted by Crippen LogP contribution is -2.38. The summed E-state index contributed by atoms with van der Waals surface area (Å²) in [6.45, 7) is 6.85. The molecule has 7 nitrogen and oxygen atoms in total. The van der Waals surface area contributed by atoms with Crippen molar-refractivity contribution in [2.75, 3.05) is 18.4 Å². The van der Waals surface area contributed by atoms with Gasteiger partial charge in [-0.15, -0.1) is 0 Å². The summed E-state index contributed by atoms with van der Waals surface area (Å²) in [5, 5.41) is 3.22. The number of aryl methyl sites for hydroxylation is 3. The van der Waals surface area contributed by atoms with Crippen molar-refractivity contribution in [1.29, 1.82) is 0 Å². The van der Waals surface area contributed by atoms with Crippen molar-refractivity contribution < 1.29 is 8.42 Å². The van der Waals surface area contributed by atoms with Gasteiger partial charge in [0.15, 0.2) is 0 Å². The molecule has 4 rings (SSSR count). The molecule has 0 amide bonds. The Labute approximate surface area is 183 Å². The second kappa shape index (κ2) is 8.72. The zero-order valence-corrected chi connectivity index (χ0v) is 18.9. The molecule has 0 unspecified atom stereocenters. The number of sulfonamides is 1. The number of piperidine rings is 1. The summed E-state index contributed by atoms with van der Waals surface area (Å²) >= 11 is 0. The number of benzene rings is 1. The summed E-state index contributed by atoms with van der Waals surface area (Å²) in [5.41, 5.74) is 3.98. The Hall–Kier alpha value is -2.84. The minimum atomic E-state index is -3.48. The van der Waals surface area contributed by atoms with Crippen molar-refractivity contribution in [1.82, 2.24) is 19.3 Å². The number of pyridine rings is 1. The highest BCUT2D eigenvalue weighted by atomic mass is 32.2. The molecule has 0 aliphatic carbocycles. The minimum absolute atomic E-state index is 0.172. The summed E-state index contributed by atoms with van der Waals surface area (Å²) in [4.78, 5) is 13.8. The lowest BCUT2D eigenvalue weighted by molar-refractivity contribution is 0.316. The van der Waals surface area contributed by atoms with Crippen molar-refractivity contribution in [3.05, 3.63) is 71.3 Å². The average molecular weight is 438 g/mol. The van der Waals surface area contributed by atoms with Crippen LogP contribution in [0, 0.1) is 20.8 Å². The van der Waals surface area contributed by atoms with E-state index in [1.165, 1.54) is 0 Å². The van der Waals surface area contributed by atoms with Crippen LogP contribution in [0.1, 0.15) is 41.1 Å². The normalized spacial score (nSPS) is 15.7. The van der Waals surface area contributed by atoms with E-state index in [4.69, 9.17) is 4.98 Å². The topological polar surface area (TPSA) is 88.1 Å². The Morgan fingerprint density at radius 2 is 1.77 bits per heavy atom. The molecule has 31 heavy (non-hydrogen) atoms. The fourth-order valence-corrected chi connectivity index (χ4v) is 5.35. The van der Waals surface area contributed by atoms with Gasteiger partial charge in [-0.2, -0.15) is 4.31 Å². The van der Waals surface area contributed by atoms with Crippen LogP contribution < -0.4 is 5.32 Å². The SMILES string of the molecule is Cc1ccc(S(=O)(=O)N2CCC(c3cncc(Nc4ncccc4C)n3)CC2)cc1C. The molecule has 0 saturated carbocycles. The molecular formula is C23H27N5O2S. The van der Waals surface area contributed by atoms with Crippen molar-refractivity contribution >= 4 is 21.7 Å². The number of nitrogens with zero attached hydrogens (tertiary/aromatic N) is 4. The number of nitrogens with one attached hydrogen (secondary N) is 1. The maximum Gasteiger partial charge on any atom is 0.243 e. The van der Waals surface area contributed by atoms with Crippen molar-refractivity contribution in [2.45, 2.75) is 44.4 Å². The van der Waals surface area contributed by atoms with Gasteiger partial charge in [-0.1, -0.05) is 12.1 Å². The van der Waals surface area contributed by atoms with Crippen LogP contribution in [-0.2, 0) is 10.0 Å². The first-order chi connectivity index (χ1) is 14.8. The van der Waals surface area contributed by atoms with Crippen molar-refractivity contribution in [3.8, 4) is 0 Å². The zero-order chi connectivity index (χ0) is 22.0. The van der Waals surface area contributed by atoms with Gasteiger partial charge in [0.2, 0.25) is 10.0 Å². The molecule has 8 heteroatoms. The molecule has 1 aromatic carbocycles. The maximum atomic E-state index is 13.1. The molecule has 162 valence electrons. The smallest absolute Gasteiger partial charge is 0.243 e. The third-order valence-corrected chi connectivity index (χ3v) is 7.79. The highest BCUT2D eigenvalue weighted by molar-refractivity contribution is 7.89. The fourth-order valence-electron chi connectivity index (χ4n) is 3.79. The highest BCUT2D eigenvalue weighted by Crippen LogP contribution is 2.30. The summed E-state index contributed by atoms with van der Waals surface area (Å²) in [6, 6.07) is 9.20. The van der Waals surface area contributed by atoms with E-state index in [2.05, 4.69) is 15.3 Å². The number of hydrogen-bond acceptors (Lipinski definition) is 6. The van der Waals surface area contributed by atoms with Crippen LogP contribution in [0.15, 0.2) is 53.8 Å². The van der Waals surface area contributed by atoms with Crippen LogP contribution in [-0.4, -0.2) is 40.8 Å². The fraction of sp³-hybridized carbons (Fsp3) is 0.348. The van der Waals surface area contributed by atoms with Gasteiger partial charge in [-0.25, -0.2) is 18.4 Å². The molecule has 0 radical (unpaired) electrons. The van der Waals surface area contributed by atoms with Crippen LogP contribution in [0.4, 0.5) is 11.6 Å². The maximum absolute atomic E-state index is 13.1. The molecule has 1 N–H and O–H groups in total. The summed E-state index contributed by atoms with van der Waals surface area (Å²) < 4.78 is 27.7. The standard InChI is InChI=1S/C23H27N5O2S/c1-16-6-7-20(13-18(16)3)31(29,30)28-11-8-19(9-12-28)21-14-24-15-22(26-21)27-23-17(2)5-4-10-25-23/h4-7,10,13-15,19H,8-9,11-12H2,1-3H3,(H,25,26,27). The molecule has 0 bridgehead atoms. The van der Waals surface area contributed by atoms with Crippen molar-refractivity contribution in [2.24, 2.45) is 0 Å². The van der Waals surface area contributed by atoms with Gasteiger partial charge < -0.3 is 5.32 Å². The minimum Gasteiger partial charge on any atom is -0.323 e. The second-order valence-corrected chi connectivity index (χ2v) is 9.99. The van der Waals surface area contributed by atoms with E-state index in [-0.39, 0.29) is 5.92 Å². The second-order valence-electron chi connectivity index (χ2n) is 8.05.